The average Bonchev–Trinajstić information content (AvgIpc) is 2.89. The molecule has 1 N–H and O–H groups in total. The van der Waals surface area contributed by atoms with E-state index in [2.05, 4.69) is 5.32 Å². The zero-order chi connectivity index (χ0) is 12.8. The van der Waals surface area contributed by atoms with Crippen molar-refractivity contribution in [2.75, 3.05) is 32.1 Å². The number of hydrogen-bond acceptors (Lipinski definition) is 4. The molecule has 5 heteroatoms. The lowest BCUT2D eigenvalue weighted by atomic mass is 10.0. The minimum atomic E-state index is -2.87. The molecule has 106 valence electrons. The molecule has 0 aromatic rings. The summed E-state index contributed by atoms with van der Waals surface area (Å²) in [6.07, 6.45) is 6.21. The summed E-state index contributed by atoms with van der Waals surface area (Å²) in [7, 11) is -2.87. The molecule has 1 aliphatic heterocycles. The van der Waals surface area contributed by atoms with Crippen LogP contribution in [0.5, 0.6) is 0 Å². The minimum Gasteiger partial charge on any atom is -0.381 e. The van der Waals surface area contributed by atoms with E-state index >= 15 is 0 Å². The quantitative estimate of drug-likeness (QED) is 0.744. The first-order chi connectivity index (χ1) is 8.68. The smallest absolute Gasteiger partial charge is 0.154 e. The van der Waals surface area contributed by atoms with Gasteiger partial charge in [-0.3, -0.25) is 0 Å². The van der Waals surface area contributed by atoms with Gasteiger partial charge in [0.05, 0.1) is 17.6 Å². The van der Waals surface area contributed by atoms with Gasteiger partial charge in [-0.25, -0.2) is 8.42 Å². The van der Waals surface area contributed by atoms with Gasteiger partial charge in [0, 0.05) is 19.7 Å². The summed E-state index contributed by atoms with van der Waals surface area (Å²) < 4.78 is 29.5. The first-order valence-electron chi connectivity index (χ1n) is 7.18. The molecule has 18 heavy (non-hydrogen) atoms. The predicted octanol–water partition coefficient (Wildman–Crippen LogP) is 1.36. The molecule has 1 heterocycles. The summed E-state index contributed by atoms with van der Waals surface area (Å²) in [5.74, 6) is 0.869. The Kier molecular flexibility index (Phi) is 5.45. The number of rotatable bonds is 6. The monoisotopic (exact) mass is 275 g/mol. The topological polar surface area (TPSA) is 55.4 Å². The Morgan fingerprint density at radius 2 is 1.89 bits per heavy atom. The van der Waals surface area contributed by atoms with Crippen LogP contribution in [0.1, 0.15) is 38.5 Å². The third-order valence-electron chi connectivity index (χ3n) is 4.08. The van der Waals surface area contributed by atoms with Crippen molar-refractivity contribution in [2.45, 2.75) is 43.8 Å². The van der Waals surface area contributed by atoms with Crippen molar-refractivity contribution in [3.8, 4) is 0 Å². The molecule has 0 aromatic heterocycles. The molecule has 0 aromatic carbocycles. The molecule has 1 unspecified atom stereocenters. The summed E-state index contributed by atoms with van der Waals surface area (Å²) in [6.45, 7) is 3.16. The number of sulfone groups is 1. The molecule has 2 fully saturated rings. The Morgan fingerprint density at radius 1 is 1.11 bits per heavy atom. The molecule has 0 spiro atoms. The van der Waals surface area contributed by atoms with E-state index in [0.717, 1.165) is 51.9 Å². The van der Waals surface area contributed by atoms with E-state index in [9.17, 15) is 8.42 Å². The third kappa shape index (κ3) is 4.21. The first-order valence-corrected chi connectivity index (χ1v) is 8.90. The highest BCUT2D eigenvalue weighted by Gasteiger charge is 2.26. The van der Waals surface area contributed by atoms with Crippen molar-refractivity contribution in [3.05, 3.63) is 0 Å². The van der Waals surface area contributed by atoms with Crippen molar-refractivity contribution in [3.63, 3.8) is 0 Å². The summed E-state index contributed by atoms with van der Waals surface area (Å²) in [5.41, 5.74) is 0. The molecular weight excluding hydrogens is 250 g/mol. The van der Waals surface area contributed by atoms with Crippen LogP contribution in [0.4, 0.5) is 0 Å². The summed E-state index contributed by atoms with van der Waals surface area (Å²) in [4.78, 5) is 0. The van der Waals surface area contributed by atoms with Crippen LogP contribution in [0.15, 0.2) is 0 Å². The standard InChI is InChI=1S/C13H25NO3S/c15-18(16,13-4-2-1-3-5-13)9-7-14-10-12-6-8-17-11-12/h12-14H,1-11H2. The molecule has 0 amide bonds. The van der Waals surface area contributed by atoms with Crippen LogP contribution in [-0.2, 0) is 14.6 Å². The van der Waals surface area contributed by atoms with E-state index in [1.807, 2.05) is 0 Å². The molecule has 1 saturated heterocycles. The van der Waals surface area contributed by atoms with Crippen LogP contribution >= 0.6 is 0 Å². The van der Waals surface area contributed by atoms with Gasteiger partial charge in [0.2, 0.25) is 0 Å². The van der Waals surface area contributed by atoms with Gasteiger partial charge in [-0.15, -0.1) is 0 Å². The molecule has 1 saturated carbocycles. The van der Waals surface area contributed by atoms with Crippen molar-refractivity contribution in [1.29, 1.82) is 0 Å². The minimum absolute atomic E-state index is 0.0668. The Labute approximate surface area is 110 Å². The van der Waals surface area contributed by atoms with Gasteiger partial charge in [-0.1, -0.05) is 19.3 Å². The van der Waals surface area contributed by atoms with Gasteiger partial charge in [0.15, 0.2) is 9.84 Å². The van der Waals surface area contributed by atoms with Gasteiger partial charge in [-0.05, 0) is 25.2 Å². The fraction of sp³-hybridized carbons (Fsp3) is 1.00. The molecule has 2 rings (SSSR count). The van der Waals surface area contributed by atoms with Gasteiger partial charge in [-0.2, -0.15) is 0 Å². The zero-order valence-corrected chi connectivity index (χ0v) is 11.9. The SMILES string of the molecule is O=S(=O)(CCNCC1CCOC1)C1CCCCC1. The molecule has 0 bridgehead atoms. The second-order valence-electron chi connectivity index (χ2n) is 5.56. The second kappa shape index (κ2) is 6.87. The molecule has 0 radical (unpaired) electrons. The second-order valence-corrected chi connectivity index (χ2v) is 7.96. The van der Waals surface area contributed by atoms with Crippen molar-refractivity contribution >= 4 is 9.84 Å². The van der Waals surface area contributed by atoms with E-state index in [0.29, 0.717) is 18.2 Å². The maximum Gasteiger partial charge on any atom is 0.154 e. The Hall–Kier alpha value is -0.130. The lowest BCUT2D eigenvalue weighted by molar-refractivity contribution is 0.185. The molecule has 4 nitrogen and oxygen atoms in total. The van der Waals surface area contributed by atoms with Crippen molar-refractivity contribution in [1.82, 2.24) is 5.32 Å². The fourth-order valence-electron chi connectivity index (χ4n) is 2.86. The van der Waals surface area contributed by atoms with Crippen molar-refractivity contribution in [2.24, 2.45) is 5.92 Å². The Morgan fingerprint density at radius 3 is 2.56 bits per heavy atom. The highest BCUT2D eigenvalue weighted by molar-refractivity contribution is 7.92. The maximum absolute atomic E-state index is 12.1. The zero-order valence-electron chi connectivity index (χ0n) is 11.1. The van der Waals surface area contributed by atoms with E-state index in [1.54, 1.807) is 0 Å². The van der Waals surface area contributed by atoms with Crippen LogP contribution < -0.4 is 5.32 Å². The number of hydrogen-bond donors (Lipinski definition) is 1. The summed E-state index contributed by atoms with van der Waals surface area (Å²) in [6, 6.07) is 0. The van der Waals surface area contributed by atoms with Gasteiger partial charge < -0.3 is 10.1 Å². The fourth-order valence-corrected chi connectivity index (χ4v) is 4.67. The summed E-state index contributed by atoms with van der Waals surface area (Å²) in [5, 5.41) is 3.20. The highest BCUT2D eigenvalue weighted by Crippen LogP contribution is 2.24. The Balaban J connectivity index is 1.64. The van der Waals surface area contributed by atoms with Crippen LogP contribution in [0.2, 0.25) is 0 Å². The van der Waals surface area contributed by atoms with Crippen molar-refractivity contribution < 1.29 is 13.2 Å². The van der Waals surface area contributed by atoms with E-state index in [1.165, 1.54) is 6.42 Å². The highest BCUT2D eigenvalue weighted by atomic mass is 32.2. The molecule has 1 aliphatic carbocycles. The van der Waals surface area contributed by atoms with E-state index in [-0.39, 0.29) is 5.25 Å². The molecular formula is C13H25NO3S. The molecule has 2 aliphatic rings. The lowest BCUT2D eigenvalue weighted by Crippen LogP contribution is -2.33. The number of ether oxygens (including phenoxy) is 1. The van der Waals surface area contributed by atoms with E-state index < -0.39 is 9.84 Å². The largest absolute Gasteiger partial charge is 0.381 e. The Bertz CT molecular complexity index is 330. The molecule has 1 atom stereocenters. The average molecular weight is 275 g/mol. The van der Waals surface area contributed by atoms with Gasteiger partial charge >= 0.3 is 0 Å². The van der Waals surface area contributed by atoms with Crippen LogP contribution in [0.25, 0.3) is 0 Å². The first kappa shape index (κ1) is 14.3. The van der Waals surface area contributed by atoms with Gasteiger partial charge in [0.1, 0.15) is 0 Å². The predicted molar refractivity (Wildman–Crippen MR) is 72.5 cm³/mol. The maximum atomic E-state index is 12.1. The normalized spacial score (nSPS) is 26.6. The van der Waals surface area contributed by atoms with E-state index in [4.69, 9.17) is 4.74 Å². The third-order valence-corrected chi connectivity index (χ3v) is 6.34. The summed E-state index contributed by atoms with van der Waals surface area (Å²) >= 11 is 0. The lowest BCUT2D eigenvalue weighted by Gasteiger charge is -2.21. The number of nitrogens with one attached hydrogen (secondary N) is 1. The van der Waals surface area contributed by atoms with Crippen LogP contribution in [0, 0.1) is 5.92 Å². The van der Waals surface area contributed by atoms with Crippen LogP contribution in [-0.4, -0.2) is 45.7 Å². The van der Waals surface area contributed by atoms with Crippen LogP contribution in [0.3, 0.4) is 0 Å². The van der Waals surface area contributed by atoms with Gasteiger partial charge in [0.25, 0.3) is 0 Å².